The topological polar surface area (TPSA) is 46.6 Å². The minimum atomic E-state index is -0.851. The van der Waals surface area contributed by atoms with Crippen LogP contribution in [-0.2, 0) is 9.53 Å². The van der Waals surface area contributed by atoms with E-state index in [1.54, 1.807) is 32.2 Å². The second-order valence-corrected chi connectivity index (χ2v) is 6.04. The quantitative estimate of drug-likeness (QED) is 0.574. The Bertz CT molecular complexity index is 673. The van der Waals surface area contributed by atoms with Gasteiger partial charge in [-0.05, 0) is 59.8 Å². The molecule has 0 aromatic heterocycles. The van der Waals surface area contributed by atoms with Gasteiger partial charge in [0.1, 0.15) is 0 Å². The first-order chi connectivity index (χ1) is 10.5. The van der Waals surface area contributed by atoms with E-state index in [2.05, 4.69) is 22.6 Å². The Kier molecular flexibility index (Phi) is 5.54. The largest absolute Gasteiger partial charge is 0.449 e. The molecule has 0 radical (unpaired) electrons. The predicted molar refractivity (Wildman–Crippen MR) is 93.9 cm³/mol. The third-order valence-corrected chi connectivity index (χ3v) is 3.84. The average Bonchev–Trinajstić information content (AvgIpc) is 2.54. The van der Waals surface area contributed by atoms with Gasteiger partial charge in [0.05, 0.1) is 5.56 Å². The zero-order valence-electron chi connectivity index (χ0n) is 12.3. The van der Waals surface area contributed by atoms with Crippen molar-refractivity contribution in [3.8, 4) is 0 Å². The highest BCUT2D eigenvalue weighted by Crippen LogP contribution is 2.15. The zero-order chi connectivity index (χ0) is 16.1. The fraction of sp³-hybridized carbons (Fsp3) is 0.176. The fourth-order valence-corrected chi connectivity index (χ4v) is 2.49. The number of ether oxygens (including phenoxy) is 1. The first-order valence-electron chi connectivity index (χ1n) is 6.78. The standard InChI is InChI=1S/C17H16INO3/c1-12(16(20)19(2)15-9-4-3-5-10-15)22-17(21)13-7-6-8-14(18)11-13/h3-12H,1-2H3. The molecule has 0 spiro atoms. The van der Waals surface area contributed by atoms with Crippen LogP contribution in [0.25, 0.3) is 0 Å². The summed E-state index contributed by atoms with van der Waals surface area (Å²) in [4.78, 5) is 25.9. The third kappa shape index (κ3) is 4.07. The Morgan fingerprint density at radius 3 is 2.41 bits per heavy atom. The number of likely N-dealkylation sites (N-methyl/N-ethyl adjacent to an activating group) is 1. The molecule has 0 N–H and O–H groups in total. The van der Waals surface area contributed by atoms with Crippen LogP contribution in [0, 0.1) is 3.57 Å². The predicted octanol–water partition coefficient (Wildman–Crippen LogP) is 3.50. The number of esters is 1. The van der Waals surface area contributed by atoms with E-state index in [1.807, 2.05) is 36.4 Å². The lowest BCUT2D eigenvalue weighted by atomic mass is 10.2. The maximum Gasteiger partial charge on any atom is 0.338 e. The molecule has 22 heavy (non-hydrogen) atoms. The van der Waals surface area contributed by atoms with Crippen molar-refractivity contribution in [1.82, 2.24) is 0 Å². The minimum absolute atomic E-state index is 0.273. The maximum atomic E-state index is 12.3. The summed E-state index contributed by atoms with van der Waals surface area (Å²) in [5.74, 6) is -0.772. The summed E-state index contributed by atoms with van der Waals surface area (Å²) in [5.41, 5.74) is 1.19. The first-order valence-corrected chi connectivity index (χ1v) is 7.86. The smallest absolute Gasteiger partial charge is 0.338 e. The van der Waals surface area contributed by atoms with Crippen molar-refractivity contribution < 1.29 is 14.3 Å². The number of benzene rings is 2. The molecule has 0 saturated heterocycles. The molecule has 0 aliphatic carbocycles. The number of carbonyl (C=O) groups excluding carboxylic acids is 2. The fourth-order valence-electron chi connectivity index (χ4n) is 1.95. The van der Waals surface area contributed by atoms with Gasteiger partial charge < -0.3 is 9.64 Å². The lowest BCUT2D eigenvalue weighted by Crippen LogP contribution is -2.37. The van der Waals surface area contributed by atoms with E-state index in [-0.39, 0.29) is 5.91 Å². The molecule has 2 aromatic rings. The number of halogens is 1. The van der Waals surface area contributed by atoms with E-state index in [9.17, 15) is 9.59 Å². The van der Waals surface area contributed by atoms with Gasteiger partial charge in [-0.2, -0.15) is 0 Å². The van der Waals surface area contributed by atoms with Gasteiger partial charge in [0, 0.05) is 16.3 Å². The van der Waals surface area contributed by atoms with Crippen molar-refractivity contribution in [3.05, 3.63) is 63.7 Å². The van der Waals surface area contributed by atoms with Crippen molar-refractivity contribution in [2.24, 2.45) is 0 Å². The Hall–Kier alpha value is -1.89. The number of anilines is 1. The molecule has 1 unspecified atom stereocenters. The molecule has 5 heteroatoms. The molecular weight excluding hydrogens is 393 g/mol. The van der Waals surface area contributed by atoms with Gasteiger partial charge in [-0.15, -0.1) is 0 Å². The van der Waals surface area contributed by atoms with Crippen molar-refractivity contribution >= 4 is 40.2 Å². The Labute approximate surface area is 143 Å². The van der Waals surface area contributed by atoms with Crippen LogP contribution in [0.15, 0.2) is 54.6 Å². The van der Waals surface area contributed by atoms with Crippen LogP contribution in [0.1, 0.15) is 17.3 Å². The van der Waals surface area contributed by atoms with E-state index < -0.39 is 12.1 Å². The Morgan fingerprint density at radius 2 is 1.77 bits per heavy atom. The molecule has 0 aliphatic heterocycles. The van der Waals surface area contributed by atoms with E-state index in [0.717, 1.165) is 9.26 Å². The highest BCUT2D eigenvalue weighted by Gasteiger charge is 2.23. The van der Waals surface area contributed by atoms with Gasteiger partial charge >= 0.3 is 5.97 Å². The number of hydrogen-bond acceptors (Lipinski definition) is 3. The summed E-state index contributed by atoms with van der Waals surface area (Å²) in [5, 5.41) is 0. The molecule has 2 aromatic carbocycles. The number of nitrogens with zero attached hydrogens (tertiary/aromatic N) is 1. The Morgan fingerprint density at radius 1 is 1.09 bits per heavy atom. The van der Waals surface area contributed by atoms with Gasteiger partial charge in [0.25, 0.3) is 5.91 Å². The zero-order valence-corrected chi connectivity index (χ0v) is 14.5. The molecule has 1 atom stereocenters. The number of amides is 1. The molecule has 114 valence electrons. The van der Waals surface area contributed by atoms with Crippen LogP contribution in [0.3, 0.4) is 0 Å². The van der Waals surface area contributed by atoms with Gasteiger partial charge in [-0.1, -0.05) is 24.3 Å². The molecule has 0 fully saturated rings. The van der Waals surface area contributed by atoms with Crippen LogP contribution in [0.4, 0.5) is 5.69 Å². The van der Waals surface area contributed by atoms with Crippen LogP contribution in [0.2, 0.25) is 0 Å². The van der Waals surface area contributed by atoms with Crippen molar-refractivity contribution in [3.63, 3.8) is 0 Å². The van der Waals surface area contributed by atoms with Crippen LogP contribution >= 0.6 is 22.6 Å². The molecule has 0 saturated carbocycles. The Balaban J connectivity index is 2.04. The summed E-state index contributed by atoms with van der Waals surface area (Å²) >= 11 is 2.12. The van der Waals surface area contributed by atoms with Gasteiger partial charge in [-0.3, -0.25) is 4.79 Å². The number of hydrogen-bond donors (Lipinski definition) is 0. The number of carbonyl (C=O) groups is 2. The SMILES string of the molecule is CC(OC(=O)c1cccc(I)c1)C(=O)N(C)c1ccccc1. The van der Waals surface area contributed by atoms with Crippen molar-refractivity contribution in [1.29, 1.82) is 0 Å². The minimum Gasteiger partial charge on any atom is -0.449 e. The van der Waals surface area contributed by atoms with Gasteiger partial charge in [0.2, 0.25) is 0 Å². The maximum absolute atomic E-state index is 12.3. The van der Waals surface area contributed by atoms with E-state index in [1.165, 1.54) is 4.90 Å². The average molecular weight is 409 g/mol. The number of rotatable bonds is 4. The third-order valence-electron chi connectivity index (χ3n) is 3.17. The normalized spacial score (nSPS) is 11.6. The number of para-hydroxylation sites is 1. The summed E-state index contributed by atoms with van der Waals surface area (Å²) in [6.45, 7) is 1.58. The second-order valence-electron chi connectivity index (χ2n) is 4.79. The van der Waals surface area contributed by atoms with Gasteiger partial charge in [0.15, 0.2) is 6.10 Å². The highest BCUT2D eigenvalue weighted by molar-refractivity contribution is 14.1. The van der Waals surface area contributed by atoms with Crippen molar-refractivity contribution in [2.45, 2.75) is 13.0 Å². The van der Waals surface area contributed by atoms with E-state index in [0.29, 0.717) is 5.56 Å². The van der Waals surface area contributed by atoms with Crippen LogP contribution in [-0.4, -0.2) is 25.0 Å². The van der Waals surface area contributed by atoms with E-state index in [4.69, 9.17) is 4.74 Å². The van der Waals surface area contributed by atoms with E-state index >= 15 is 0 Å². The molecule has 0 heterocycles. The summed E-state index contributed by atoms with van der Waals surface area (Å²) in [6.07, 6.45) is -0.851. The summed E-state index contributed by atoms with van der Waals surface area (Å²) in [6, 6.07) is 16.3. The molecule has 1 amide bonds. The van der Waals surface area contributed by atoms with Gasteiger partial charge in [-0.25, -0.2) is 4.79 Å². The molecular formula is C17H16INO3. The lowest BCUT2D eigenvalue weighted by molar-refractivity contribution is -0.126. The first kappa shape index (κ1) is 16.5. The summed E-state index contributed by atoms with van der Waals surface area (Å²) in [7, 11) is 1.66. The molecule has 0 bridgehead atoms. The van der Waals surface area contributed by atoms with Crippen LogP contribution in [0.5, 0.6) is 0 Å². The summed E-state index contributed by atoms with van der Waals surface area (Å²) < 4.78 is 6.20. The second kappa shape index (κ2) is 7.40. The monoisotopic (exact) mass is 409 g/mol. The van der Waals surface area contributed by atoms with Crippen LogP contribution < -0.4 is 4.90 Å². The molecule has 4 nitrogen and oxygen atoms in total. The highest BCUT2D eigenvalue weighted by atomic mass is 127. The lowest BCUT2D eigenvalue weighted by Gasteiger charge is -2.21. The molecule has 2 rings (SSSR count). The van der Waals surface area contributed by atoms with Crippen molar-refractivity contribution in [2.75, 3.05) is 11.9 Å². The molecule has 0 aliphatic rings.